The number of nitrogens with zero attached hydrogens (tertiary/aromatic N) is 2. The number of aromatic carboxylic acids is 1. The molecule has 6 N–H and O–H groups in total. The van der Waals surface area contributed by atoms with Gasteiger partial charge < -0.3 is 50.8 Å². The highest BCUT2D eigenvalue weighted by Crippen LogP contribution is 2.38. The highest BCUT2D eigenvalue weighted by Gasteiger charge is 2.37. The summed E-state index contributed by atoms with van der Waals surface area (Å²) in [6.45, 7) is 7.41. The van der Waals surface area contributed by atoms with Crippen LogP contribution in [0, 0.1) is 17.5 Å². The minimum Gasteiger partial charge on any atom is -0.496 e. The Morgan fingerprint density at radius 3 is 1.31 bits per heavy atom. The first-order chi connectivity index (χ1) is 39.1. The number of halogens is 3. The van der Waals surface area contributed by atoms with Crippen LogP contribution in [0.15, 0.2) is 146 Å². The highest BCUT2D eigenvalue weighted by atomic mass is 19.1. The number of hydrogen-bond donors (Lipinski definition) is 5. The van der Waals surface area contributed by atoms with E-state index in [2.05, 4.69) is 39.8 Å². The van der Waals surface area contributed by atoms with E-state index in [-0.39, 0.29) is 51.1 Å². The molecular formula is C65H81F3N6O7. The number of nitrogens with one attached hydrogen (secondary N) is 3. The van der Waals surface area contributed by atoms with Crippen LogP contribution < -0.4 is 35.9 Å². The molecule has 3 aliphatic rings. The average molecular weight is 1120 g/mol. The Hall–Kier alpha value is -7.24. The van der Waals surface area contributed by atoms with E-state index in [0.29, 0.717) is 48.0 Å². The van der Waals surface area contributed by atoms with Gasteiger partial charge in [0.1, 0.15) is 40.3 Å². The normalized spacial score (nSPS) is 20.3. The molecular weight excluding hydrogens is 1030 g/mol. The fourth-order valence-corrected chi connectivity index (χ4v) is 11.2. The lowest BCUT2D eigenvalue weighted by molar-refractivity contribution is 0.0692. The van der Waals surface area contributed by atoms with Crippen LogP contribution in [0.1, 0.15) is 106 Å². The molecule has 6 aromatic rings. The fraction of sp³-hybridized carbons (Fsp3) is 0.400. The molecule has 3 saturated heterocycles. The Kier molecular flexibility index (Phi) is 24.2. The number of methoxy groups -OCH3 is 3. The second-order valence-electron chi connectivity index (χ2n) is 21.3. The minimum absolute atomic E-state index is 0.0349. The topological polar surface area (TPSA) is 168 Å². The van der Waals surface area contributed by atoms with Crippen LogP contribution in [0.4, 0.5) is 13.2 Å². The molecule has 0 saturated carbocycles. The maximum absolute atomic E-state index is 13.9. The number of likely N-dealkylation sites (tertiary alicyclic amines) is 2. The van der Waals surface area contributed by atoms with Crippen LogP contribution >= 0.6 is 0 Å². The predicted octanol–water partition coefficient (Wildman–Crippen LogP) is 10.4. The second-order valence-corrected chi connectivity index (χ2v) is 21.3. The smallest absolute Gasteiger partial charge is 0.339 e. The zero-order chi connectivity index (χ0) is 58.3. The number of carbonyl (C=O) groups is 3. The Bertz CT molecular complexity index is 2960. The number of carboxylic acids is 1. The van der Waals surface area contributed by atoms with E-state index in [1.807, 2.05) is 42.5 Å². The van der Waals surface area contributed by atoms with Crippen molar-refractivity contribution in [3.05, 3.63) is 196 Å². The van der Waals surface area contributed by atoms with Crippen LogP contribution in [0.2, 0.25) is 0 Å². The molecule has 13 nitrogen and oxygen atoms in total. The first kappa shape index (κ1) is 62.9. The lowest BCUT2D eigenvalue weighted by atomic mass is 9.74. The maximum atomic E-state index is 13.9. The van der Waals surface area contributed by atoms with Gasteiger partial charge in [0.15, 0.2) is 0 Å². The third kappa shape index (κ3) is 17.6. The summed E-state index contributed by atoms with van der Waals surface area (Å²) in [7, 11) is 8.80. The third-order valence-electron chi connectivity index (χ3n) is 16.0. The number of benzene rings is 6. The molecule has 3 fully saturated rings. The van der Waals surface area contributed by atoms with Crippen LogP contribution in [0.5, 0.6) is 17.2 Å². The van der Waals surface area contributed by atoms with Crippen molar-refractivity contribution in [3.63, 3.8) is 0 Å². The summed E-state index contributed by atoms with van der Waals surface area (Å²) in [6.07, 6.45) is 8.73. The number of carboxylic acid groups (broad SMARTS) is 1. The molecule has 81 heavy (non-hydrogen) atoms. The van der Waals surface area contributed by atoms with Gasteiger partial charge in [0.05, 0.1) is 32.5 Å². The van der Waals surface area contributed by atoms with Gasteiger partial charge in [-0.15, -0.1) is 0 Å². The first-order valence-corrected chi connectivity index (χ1v) is 27.8. The zero-order valence-electron chi connectivity index (χ0n) is 47.6. The summed E-state index contributed by atoms with van der Waals surface area (Å²) in [5, 5.41) is 18.2. The van der Waals surface area contributed by atoms with E-state index >= 15 is 0 Å². The van der Waals surface area contributed by atoms with Gasteiger partial charge in [-0.2, -0.15) is 0 Å². The molecule has 3 heterocycles. The maximum Gasteiger partial charge on any atom is 0.339 e. The summed E-state index contributed by atoms with van der Waals surface area (Å²) in [5.74, 6) is -0.454. The number of para-hydroxylation sites is 3. The quantitative estimate of drug-likeness (QED) is 0.0704. The Morgan fingerprint density at radius 2 is 0.889 bits per heavy atom. The van der Waals surface area contributed by atoms with E-state index in [0.717, 1.165) is 114 Å². The van der Waals surface area contributed by atoms with Gasteiger partial charge in [0.2, 0.25) is 0 Å². The molecule has 434 valence electrons. The van der Waals surface area contributed by atoms with E-state index in [9.17, 15) is 27.6 Å². The SMILES string of the molecule is CN1CCCC(CN)(c2cccc(F)c2)CC1.COc1ccccc1C(=O)NCC1(c2cccc(F)c2)CCCN(C)CC1.COc1ccccc1C(=O)NCC1(c2cccc(F)c2)CCCNCC1.COc1ccccc1C(=O)O. The minimum atomic E-state index is -0.970. The van der Waals surface area contributed by atoms with Crippen molar-refractivity contribution in [2.45, 2.75) is 74.0 Å². The van der Waals surface area contributed by atoms with Gasteiger partial charge in [0, 0.05) is 35.9 Å². The molecule has 0 bridgehead atoms. The number of hydrogen-bond acceptors (Lipinski definition) is 10. The van der Waals surface area contributed by atoms with Crippen LogP contribution in [-0.2, 0) is 16.2 Å². The Labute approximate surface area is 476 Å². The van der Waals surface area contributed by atoms with Gasteiger partial charge in [-0.25, -0.2) is 18.0 Å². The molecule has 0 aromatic heterocycles. The van der Waals surface area contributed by atoms with Gasteiger partial charge in [-0.3, -0.25) is 9.59 Å². The number of carbonyl (C=O) groups excluding carboxylic acids is 2. The lowest BCUT2D eigenvalue weighted by Gasteiger charge is -2.34. The van der Waals surface area contributed by atoms with Crippen LogP contribution in [-0.4, -0.2) is 127 Å². The van der Waals surface area contributed by atoms with Crippen molar-refractivity contribution in [2.75, 3.05) is 94.3 Å². The van der Waals surface area contributed by atoms with Crippen molar-refractivity contribution in [1.82, 2.24) is 25.8 Å². The largest absolute Gasteiger partial charge is 0.496 e. The number of ether oxygens (including phenoxy) is 3. The molecule has 16 heteroatoms. The van der Waals surface area contributed by atoms with Gasteiger partial charge in [0.25, 0.3) is 11.8 Å². The standard InChI is InChI=1S/C22H27FN2O2.C21H25FN2O2.C14H21FN2.C8H8O3/c1-25-13-6-11-22(12-14-25,17-7-5-8-18(23)15-17)16-24-21(26)19-9-3-4-10-20(19)27-2;1-26-19-9-3-2-8-18(19)20(25)24-15-21(10-5-12-23-13-11-21)16-6-4-7-17(22)14-16;1-17-8-3-6-14(11-16,7-9-17)12-4-2-5-13(15)10-12;1-11-7-5-3-2-4-6(7)8(9)10/h3-5,7-10,15H,6,11-14,16H2,1-2H3,(H,24,26);2-4,6-9,14,23H,5,10-13,15H2,1H3,(H,24,25);2,4-5,10H,3,6-9,11,16H2,1H3;2-5H,1H3,(H,9,10). The highest BCUT2D eigenvalue weighted by molar-refractivity contribution is 5.97. The lowest BCUT2D eigenvalue weighted by Crippen LogP contribution is -2.41. The molecule has 0 spiro atoms. The van der Waals surface area contributed by atoms with Crippen LogP contribution in [0.25, 0.3) is 0 Å². The average Bonchev–Trinajstić information content (AvgIpc) is 3.98. The van der Waals surface area contributed by atoms with Crippen molar-refractivity contribution in [1.29, 1.82) is 0 Å². The molecule has 3 aliphatic heterocycles. The van der Waals surface area contributed by atoms with E-state index in [1.165, 1.54) is 31.4 Å². The van der Waals surface area contributed by atoms with Gasteiger partial charge in [-0.05, 0) is 201 Å². The van der Waals surface area contributed by atoms with E-state index in [4.69, 9.17) is 25.1 Å². The fourth-order valence-electron chi connectivity index (χ4n) is 11.2. The number of rotatable bonds is 14. The third-order valence-corrected chi connectivity index (χ3v) is 16.0. The summed E-state index contributed by atoms with van der Waals surface area (Å²) >= 11 is 0. The van der Waals surface area contributed by atoms with Crippen molar-refractivity contribution < 1.29 is 46.9 Å². The summed E-state index contributed by atoms with van der Waals surface area (Å²) in [4.78, 5) is 40.6. The molecule has 0 aliphatic carbocycles. The van der Waals surface area contributed by atoms with Gasteiger partial charge >= 0.3 is 5.97 Å². The summed E-state index contributed by atoms with van der Waals surface area (Å²) in [5.41, 5.74) is 9.59. The zero-order valence-corrected chi connectivity index (χ0v) is 47.6. The summed E-state index contributed by atoms with van der Waals surface area (Å²) in [6, 6.07) is 41.4. The van der Waals surface area contributed by atoms with Crippen molar-refractivity contribution in [3.8, 4) is 17.2 Å². The molecule has 3 unspecified atom stereocenters. The molecule has 9 rings (SSSR count). The van der Waals surface area contributed by atoms with E-state index in [1.54, 1.807) is 93.1 Å². The molecule has 3 atom stereocenters. The van der Waals surface area contributed by atoms with E-state index < -0.39 is 5.97 Å². The molecule has 6 aromatic carbocycles. The second kappa shape index (κ2) is 31.1. The van der Waals surface area contributed by atoms with Crippen molar-refractivity contribution in [2.24, 2.45) is 5.73 Å². The monoisotopic (exact) mass is 1110 g/mol. The van der Waals surface area contributed by atoms with Crippen LogP contribution in [0.3, 0.4) is 0 Å². The molecule has 0 radical (unpaired) electrons. The predicted molar refractivity (Wildman–Crippen MR) is 313 cm³/mol. The number of amides is 2. The number of nitrogens with two attached hydrogens (primary N) is 1. The Morgan fingerprint density at radius 1 is 0.506 bits per heavy atom. The summed E-state index contributed by atoms with van der Waals surface area (Å²) < 4.78 is 56.5. The first-order valence-electron chi connectivity index (χ1n) is 27.8. The molecule has 2 amide bonds. The van der Waals surface area contributed by atoms with Gasteiger partial charge in [-0.1, -0.05) is 72.8 Å². The Balaban J connectivity index is 0.000000182. The van der Waals surface area contributed by atoms with Crippen molar-refractivity contribution >= 4 is 17.8 Å².